The van der Waals surface area contributed by atoms with Gasteiger partial charge < -0.3 is 9.64 Å². The lowest BCUT2D eigenvalue weighted by Crippen LogP contribution is -2.08. The quantitative estimate of drug-likeness (QED) is 0.802. The minimum absolute atomic E-state index is 0.548. The fourth-order valence-electron chi connectivity index (χ4n) is 1.64. The van der Waals surface area contributed by atoms with Crippen molar-refractivity contribution in [1.82, 2.24) is 4.90 Å². The summed E-state index contributed by atoms with van der Waals surface area (Å²) in [7, 11) is 5.81. The summed E-state index contributed by atoms with van der Waals surface area (Å²) in [4.78, 5) is 2.12. The molecule has 0 fully saturated rings. The van der Waals surface area contributed by atoms with Gasteiger partial charge in [-0.1, -0.05) is 39.0 Å². The van der Waals surface area contributed by atoms with E-state index in [-0.39, 0.29) is 0 Å². The predicted molar refractivity (Wildman–Crippen MR) is 85.7 cm³/mol. The van der Waals surface area contributed by atoms with E-state index in [2.05, 4.69) is 64.9 Å². The molecule has 1 aromatic rings. The molecule has 0 bridgehead atoms. The fraction of sp³-hybridized carbons (Fsp3) is 0.529. The van der Waals surface area contributed by atoms with Crippen LogP contribution in [0, 0.1) is 5.92 Å². The molecule has 1 rings (SSSR count). The average molecular weight is 263 g/mol. The molecule has 0 aromatic heterocycles. The molecule has 0 radical (unpaired) electrons. The Kier molecular flexibility index (Phi) is 8.98. The molecule has 0 unspecified atom stereocenters. The highest BCUT2D eigenvalue weighted by atomic mass is 16.5. The second-order valence-corrected chi connectivity index (χ2v) is 5.03. The zero-order valence-electron chi connectivity index (χ0n) is 13.5. The standard InChI is InChI=1S/C13H18O.C4H11N/c1-5-13(10(2)3)11-7-6-8-12(9-11)14-4;1-4-5(2)3/h5-10H,1-4H3;4H2,1-3H3/b13-5-;. The summed E-state index contributed by atoms with van der Waals surface area (Å²) < 4.78 is 5.20. The van der Waals surface area contributed by atoms with Gasteiger partial charge in [0.1, 0.15) is 5.75 Å². The van der Waals surface area contributed by atoms with Crippen molar-refractivity contribution in [2.75, 3.05) is 27.7 Å². The number of allylic oxidation sites excluding steroid dienone is 2. The molecule has 2 nitrogen and oxygen atoms in total. The number of methoxy groups -OCH3 is 1. The molecule has 0 aliphatic rings. The largest absolute Gasteiger partial charge is 0.497 e. The van der Waals surface area contributed by atoms with Crippen molar-refractivity contribution >= 4 is 5.57 Å². The molecule has 0 heterocycles. The van der Waals surface area contributed by atoms with Crippen molar-refractivity contribution in [3.63, 3.8) is 0 Å². The second kappa shape index (κ2) is 9.62. The van der Waals surface area contributed by atoms with Gasteiger partial charge in [-0.2, -0.15) is 0 Å². The highest BCUT2D eigenvalue weighted by Gasteiger charge is 2.05. The monoisotopic (exact) mass is 263 g/mol. The molecule has 2 heteroatoms. The Balaban J connectivity index is 0.000000555. The maximum absolute atomic E-state index is 5.20. The van der Waals surface area contributed by atoms with Gasteiger partial charge in [0.05, 0.1) is 7.11 Å². The van der Waals surface area contributed by atoms with E-state index in [1.54, 1.807) is 7.11 Å². The maximum Gasteiger partial charge on any atom is 0.119 e. The zero-order valence-corrected chi connectivity index (χ0v) is 13.5. The fourth-order valence-corrected chi connectivity index (χ4v) is 1.64. The van der Waals surface area contributed by atoms with Gasteiger partial charge in [0.15, 0.2) is 0 Å². The normalized spacial score (nSPS) is 11.3. The Morgan fingerprint density at radius 1 is 1.32 bits per heavy atom. The molecule has 108 valence electrons. The van der Waals surface area contributed by atoms with Gasteiger partial charge in [0, 0.05) is 0 Å². The summed E-state index contributed by atoms with van der Waals surface area (Å²) in [6.07, 6.45) is 2.17. The van der Waals surface area contributed by atoms with Crippen LogP contribution in [0.1, 0.15) is 33.3 Å². The van der Waals surface area contributed by atoms with E-state index in [4.69, 9.17) is 4.74 Å². The Bertz CT molecular complexity index is 381. The van der Waals surface area contributed by atoms with E-state index < -0.39 is 0 Å². The van der Waals surface area contributed by atoms with Crippen LogP contribution < -0.4 is 4.74 Å². The van der Waals surface area contributed by atoms with Crippen molar-refractivity contribution in [2.45, 2.75) is 27.7 Å². The molecule has 0 spiro atoms. The van der Waals surface area contributed by atoms with Crippen LogP contribution in [0.5, 0.6) is 5.75 Å². The van der Waals surface area contributed by atoms with Crippen LogP contribution >= 0.6 is 0 Å². The lowest BCUT2D eigenvalue weighted by Gasteiger charge is -2.12. The Hall–Kier alpha value is -1.28. The smallest absolute Gasteiger partial charge is 0.119 e. The molecule has 1 aromatic carbocycles. The molecule has 0 amide bonds. The first-order valence-corrected chi connectivity index (χ1v) is 6.91. The van der Waals surface area contributed by atoms with Gasteiger partial charge in [-0.05, 0) is 56.8 Å². The summed E-state index contributed by atoms with van der Waals surface area (Å²) in [6, 6.07) is 8.20. The number of nitrogens with zero attached hydrogens (tertiary/aromatic N) is 1. The number of benzene rings is 1. The van der Waals surface area contributed by atoms with Gasteiger partial charge in [-0.3, -0.25) is 0 Å². The molecule has 0 N–H and O–H groups in total. The average Bonchev–Trinajstić information content (AvgIpc) is 2.40. The van der Waals surface area contributed by atoms with Crippen molar-refractivity contribution in [3.05, 3.63) is 35.9 Å². The molecule has 0 saturated carbocycles. The van der Waals surface area contributed by atoms with Crippen LogP contribution in [0.15, 0.2) is 30.3 Å². The van der Waals surface area contributed by atoms with Crippen LogP contribution in [0.2, 0.25) is 0 Å². The highest BCUT2D eigenvalue weighted by Crippen LogP contribution is 2.25. The van der Waals surface area contributed by atoms with Gasteiger partial charge in [0.2, 0.25) is 0 Å². The van der Waals surface area contributed by atoms with E-state index >= 15 is 0 Å². The second-order valence-electron chi connectivity index (χ2n) is 5.03. The molecule has 0 aliphatic heterocycles. The molecule has 0 saturated heterocycles. The van der Waals surface area contributed by atoms with Crippen LogP contribution in [-0.2, 0) is 0 Å². The summed E-state index contributed by atoms with van der Waals surface area (Å²) in [5, 5.41) is 0. The third kappa shape index (κ3) is 7.02. The first-order chi connectivity index (χ1) is 8.96. The lowest BCUT2D eigenvalue weighted by atomic mass is 9.95. The van der Waals surface area contributed by atoms with E-state index in [0.717, 1.165) is 12.3 Å². The van der Waals surface area contributed by atoms with E-state index in [1.807, 2.05) is 12.1 Å². The Morgan fingerprint density at radius 2 is 1.89 bits per heavy atom. The van der Waals surface area contributed by atoms with E-state index in [0.29, 0.717) is 5.92 Å². The first kappa shape index (κ1) is 17.7. The number of hydrogen-bond acceptors (Lipinski definition) is 2. The lowest BCUT2D eigenvalue weighted by molar-refractivity contribution is 0.414. The van der Waals surface area contributed by atoms with Crippen LogP contribution in [0.3, 0.4) is 0 Å². The van der Waals surface area contributed by atoms with Crippen LogP contribution in [0.4, 0.5) is 0 Å². The Labute approximate surface area is 119 Å². The minimum atomic E-state index is 0.548. The third-order valence-corrected chi connectivity index (χ3v) is 2.97. The number of rotatable bonds is 4. The molecular weight excluding hydrogens is 234 g/mol. The number of hydrogen-bond donors (Lipinski definition) is 0. The summed E-state index contributed by atoms with van der Waals surface area (Å²) in [5.41, 5.74) is 2.62. The van der Waals surface area contributed by atoms with Crippen molar-refractivity contribution < 1.29 is 4.74 Å². The summed E-state index contributed by atoms with van der Waals surface area (Å²) in [5.74, 6) is 1.47. The number of ether oxygens (including phenoxy) is 1. The first-order valence-electron chi connectivity index (χ1n) is 6.91. The third-order valence-electron chi connectivity index (χ3n) is 2.97. The van der Waals surface area contributed by atoms with E-state index in [1.165, 1.54) is 11.1 Å². The molecular formula is C17H29NO. The highest BCUT2D eigenvalue weighted by molar-refractivity contribution is 5.67. The summed E-state index contributed by atoms with van der Waals surface area (Å²) in [6.45, 7) is 9.75. The minimum Gasteiger partial charge on any atom is -0.497 e. The van der Waals surface area contributed by atoms with Gasteiger partial charge >= 0.3 is 0 Å². The topological polar surface area (TPSA) is 12.5 Å². The van der Waals surface area contributed by atoms with Crippen LogP contribution in [-0.4, -0.2) is 32.6 Å². The summed E-state index contributed by atoms with van der Waals surface area (Å²) >= 11 is 0. The Morgan fingerprint density at radius 3 is 2.26 bits per heavy atom. The van der Waals surface area contributed by atoms with Gasteiger partial charge in [-0.15, -0.1) is 0 Å². The van der Waals surface area contributed by atoms with Crippen LogP contribution in [0.25, 0.3) is 5.57 Å². The predicted octanol–water partition coefficient (Wildman–Crippen LogP) is 4.32. The van der Waals surface area contributed by atoms with Crippen molar-refractivity contribution in [1.29, 1.82) is 0 Å². The van der Waals surface area contributed by atoms with Crippen molar-refractivity contribution in [2.24, 2.45) is 5.92 Å². The van der Waals surface area contributed by atoms with Gasteiger partial charge in [0.25, 0.3) is 0 Å². The van der Waals surface area contributed by atoms with Gasteiger partial charge in [-0.25, -0.2) is 0 Å². The zero-order chi connectivity index (χ0) is 14.8. The SMILES string of the molecule is C/C=C(\c1cccc(OC)c1)C(C)C.CCN(C)C. The van der Waals surface area contributed by atoms with E-state index in [9.17, 15) is 0 Å². The molecule has 0 aliphatic carbocycles. The maximum atomic E-state index is 5.20. The molecule has 0 atom stereocenters. The molecule has 19 heavy (non-hydrogen) atoms. The van der Waals surface area contributed by atoms with Crippen molar-refractivity contribution in [3.8, 4) is 5.75 Å².